The van der Waals surface area contributed by atoms with E-state index in [4.69, 9.17) is 4.74 Å². The Kier molecular flexibility index (Phi) is 15.3. The molecule has 0 aromatic rings. The molecule has 2 N–H and O–H groups in total. The molecule has 0 saturated carbocycles. The summed E-state index contributed by atoms with van der Waals surface area (Å²) in [6, 6.07) is 0. The van der Waals surface area contributed by atoms with E-state index in [0.29, 0.717) is 19.3 Å². The first kappa shape index (κ1) is 30.3. The van der Waals surface area contributed by atoms with Crippen molar-refractivity contribution in [2.75, 3.05) is 0 Å². The van der Waals surface area contributed by atoms with Gasteiger partial charge in [-0.15, -0.1) is 0 Å². The summed E-state index contributed by atoms with van der Waals surface area (Å²) in [5.74, 6) is -0.00958. The molecule has 4 nitrogen and oxygen atoms in total. The molecule has 0 saturated heterocycles. The van der Waals surface area contributed by atoms with Gasteiger partial charge < -0.3 is 14.9 Å². The number of cyclic esters (lactones) is 1. The van der Waals surface area contributed by atoms with Crippen molar-refractivity contribution >= 4 is 5.97 Å². The molecule has 0 aromatic heterocycles. The lowest BCUT2D eigenvalue weighted by Gasteiger charge is -2.27. The van der Waals surface area contributed by atoms with Crippen molar-refractivity contribution in [3.8, 4) is 0 Å². The average Bonchev–Trinajstić information content (AvgIpc) is 2.82. The molecular formula is C31H44O4. The fraction of sp³-hybridized carbons (Fsp3) is 0.452. The second-order valence-electron chi connectivity index (χ2n) is 9.24. The quantitative estimate of drug-likeness (QED) is 0.198. The van der Waals surface area contributed by atoms with Crippen molar-refractivity contribution in [2.45, 2.75) is 84.5 Å². The van der Waals surface area contributed by atoms with Gasteiger partial charge in [0.05, 0.1) is 12.2 Å². The summed E-state index contributed by atoms with van der Waals surface area (Å²) in [5, 5.41) is 20.4. The normalized spacial score (nSPS) is 21.8. The van der Waals surface area contributed by atoms with Crippen molar-refractivity contribution in [3.63, 3.8) is 0 Å². The van der Waals surface area contributed by atoms with Gasteiger partial charge in [0.1, 0.15) is 6.10 Å². The molecule has 192 valence electrons. The van der Waals surface area contributed by atoms with Gasteiger partial charge in [0, 0.05) is 18.4 Å². The van der Waals surface area contributed by atoms with Crippen molar-refractivity contribution < 1.29 is 19.7 Å². The Labute approximate surface area is 212 Å². The van der Waals surface area contributed by atoms with Crippen LogP contribution >= 0.6 is 0 Å². The largest absolute Gasteiger partial charge is 0.458 e. The van der Waals surface area contributed by atoms with Crippen molar-refractivity contribution in [1.82, 2.24) is 0 Å². The third-order valence-electron chi connectivity index (χ3n) is 6.17. The maximum Gasteiger partial charge on any atom is 0.331 e. The van der Waals surface area contributed by atoms with E-state index in [9.17, 15) is 15.0 Å². The molecule has 1 aliphatic rings. The Morgan fingerprint density at radius 2 is 1.77 bits per heavy atom. The number of hydrogen-bond donors (Lipinski definition) is 2. The van der Waals surface area contributed by atoms with Crippen LogP contribution in [0.2, 0.25) is 0 Å². The minimum Gasteiger partial charge on any atom is -0.458 e. The molecule has 0 aliphatic carbocycles. The summed E-state index contributed by atoms with van der Waals surface area (Å²) < 4.78 is 5.38. The second kappa shape index (κ2) is 17.7. The SMILES string of the molecule is C=C/C=C(\C)CC[C@@H](O)C/C=C\C=C(/C)[C@H](O)CC/C=C/C=C\C=C/C[C@@H]1OC(=O)C=C(C)[C@@H]1C. The number of ether oxygens (including phenoxy) is 1. The monoisotopic (exact) mass is 480 g/mol. The summed E-state index contributed by atoms with van der Waals surface area (Å²) in [6.07, 6.45) is 26.4. The number of rotatable bonds is 15. The zero-order valence-electron chi connectivity index (χ0n) is 21.9. The highest BCUT2D eigenvalue weighted by molar-refractivity contribution is 5.84. The van der Waals surface area contributed by atoms with Gasteiger partial charge in [-0.3, -0.25) is 0 Å². The van der Waals surface area contributed by atoms with E-state index in [0.717, 1.165) is 30.4 Å². The van der Waals surface area contributed by atoms with Gasteiger partial charge in [-0.25, -0.2) is 4.79 Å². The highest BCUT2D eigenvalue weighted by Gasteiger charge is 2.25. The lowest BCUT2D eigenvalue weighted by molar-refractivity contribution is -0.146. The predicted octanol–water partition coefficient (Wildman–Crippen LogP) is 6.86. The van der Waals surface area contributed by atoms with Crippen LogP contribution in [0.3, 0.4) is 0 Å². The van der Waals surface area contributed by atoms with Crippen LogP contribution < -0.4 is 0 Å². The van der Waals surface area contributed by atoms with Crippen molar-refractivity contribution in [2.24, 2.45) is 5.92 Å². The van der Waals surface area contributed by atoms with Gasteiger partial charge in [0.15, 0.2) is 0 Å². The van der Waals surface area contributed by atoms with Gasteiger partial charge >= 0.3 is 5.97 Å². The fourth-order valence-electron chi connectivity index (χ4n) is 3.59. The van der Waals surface area contributed by atoms with Crippen LogP contribution in [0.4, 0.5) is 0 Å². The zero-order chi connectivity index (χ0) is 26.1. The third-order valence-corrected chi connectivity index (χ3v) is 6.17. The molecule has 1 rings (SSSR count). The summed E-state index contributed by atoms with van der Waals surface area (Å²) in [5.41, 5.74) is 3.20. The molecule has 35 heavy (non-hydrogen) atoms. The Balaban J connectivity index is 2.26. The average molecular weight is 481 g/mol. The Hall–Kier alpha value is -2.69. The van der Waals surface area contributed by atoms with E-state index in [1.54, 1.807) is 12.2 Å². The topological polar surface area (TPSA) is 66.8 Å². The third kappa shape index (κ3) is 13.7. The number of allylic oxidation sites excluding steroid dienone is 10. The van der Waals surface area contributed by atoms with E-state index >= 15 is 0 Å². The van der Waals surface area contributed by atoms with Crippen molar-refractivity contribution in [3.05, 3.63) is 96.2 Å². The van der Waals surface area contributed by atoms with E-state index in [2.05, 4.69) is 13.5 Å². The maximum absolute atomic E-state index is 11.5. The molecule has 0 amide bonds. The van der Waals surface area contributed by atoms with Gasteiger partial charge in [-0.1, -0.05) is 91.5 Å². The lowest BCUT2D eigenvalue weighted by Crippen LogP contribution is -2.29. The van der Waals surface area contributed by atoms with Crippen LogP contribution in [0.5, 0.6) is 0 Å². The molecule has 4 atom stereocenters. The summed E-state index contributed by atoms with van der Waals surface area (Å²) >= 11 is 0. The molecule has 0 aromatic carbocycles. The van der Waals surface area contributed by atoms with E-state index < -0.39 is 6.10 Å². The molecule has 0 spiro atoms. The Bertz CT molecular complexity index is 866. The van der Waals surface area contributed by atoms with E-state index in [1.807, 2.05) is 81.5 Å². The summed E-state index contributed by atoms with van der Waals surface area (Å²) in [6.45, 7) is 11.7. The van der Waals surface area contributed by atoms with Gasteiger partial charge in [0.2, 0.25) is 0 Å². The maximum atomic E-state index is 11.5. The molecule has 0 fully saturated rings. The minimum atomic E-state index is -0.484. The Morgan fingerprint density at radius 3 is 2.49 bits per heavy atom. The zero-order valence-corrected chi connectivity index (χ0v) is 21.9. The molecular weight excluding hydrogens is 436 g/mol. The minimum absolute atomic E-state index is 0.0977. The van der Waals surface area contributed by atoms with Crippen LogP contribution in [0.15, 0.2) is 96.2 Å². The summed E-state index contributed by atoms with van der Waals surface area (Å²) in [7, 11) is 0. The molecule has 0 radical (unpaired) electrons. The molecule has 1 heterocycles. The van der Waals surface area contributed by atoms with Crippen LogP contribution in [-0.4, -0.2) is 34.5 Å². The number of aliphatic hydroxyl groups excluding tert-OH is 2. The highest BCUT2D eigenvalue weighted by atomic mass is 16.5. The van der Waals surface area contributed by atoms with Crippen LogP contribution in [0.25, 0.3) is 0 Å². The molecule has 0 unspecified atom stereocenters. The number of hydrogen-bond acceptors (Lipinski definition) is 4. The van der Waals surface area contributed by atoms with Gasteiger partial charge in [0.25, 0.3) is 0 Å². The van der Waals surface area contributed by atoms with Crippen molar-refractivity contribution in [1.29, 1.82) is 0 Å². The fourth-order valence-corrected chi connectivity index (χ4v) is 3.59. The van der Waals surface area contributed by atoms with E-state index in [1.165, 1.54) is 5.57 Å². The molecule has 0 bridgehead atoms. The lowest BCUT2D eigenvalue weighted by atomic mass is 9.92. The van der Waals surface area contributed by atoms with Crippen LogP contribution in [0.1, 0.15) is 66.2 Å². The van der Waals surface area contributed by atoms with Gasteiger partial charge in [-0.2, -0.15) is 0 Å². The number of esters is 1. The van der Waals surface area contributed by atoms with Gasteiger partial charge in [-0.05, 0) is 58.4 Å². The standard InChI is InChI=1S/C31H44O4/c1-6-16-24(2)21-22-28(32)18-15-14-17-25(3)29(33)19-12-10-8-7-9-11-13-20-30-27(5)26(4)23-31(34)35-30/h6-11,13-17,23,27-30,32-33H,1,12,18-22H2,2-5H3/b9-7-,10-8+,13-11-,15-14-,24-16+,25-17+/t27-,28-,29+,30-/m0/s1. The predicted molar refractivity (Wildman–Crippen MR) is 147 cm³/mol. The first-order valence-corrected chi connectivity index (χ1v) is 12.6. The summed E-state index contributed by atoms with van der Waals surface area (Å²) in [4.78, 5) is 11.5. The first-order valence-electron chi connectivity index (χ1n) is 12.6. The highest BCUT2D eigenvalue weighted by Crippen LogP contribution is 2.24. The molecule has 1 aliphatic heterocycles. The first-order chi connectivity index (χ1) is 16.7. The second-order valence-corrected chi connectivity index (χ2v) is 9.24. The van der Waals surface area contributed by atoms with E-state index in [-0.39, 0.29) is 24.1 Å². The number of carbonyl (C=O) groups is 1. The van der Waals surface area contributed by atoms with Crippen LogP contribution in [0, 0.1) is 5.92 Å². The Morgan fingerprint density at radius 1 is 1.06 bits per heavy atom. The number of carbonyl (C=O) groups excluding carboxylic acids is 1. The molecule has 4 heteroatoms. The smallest absolute Gasteiger partial charge is 0.331 e. The van der Waals surface area contributed by atoms with Crippen LogP contribution in [-0.2, 0) is 9.53 Å². The number of aliphatic hydroxyl groups is 2.